The van der Waals surface area contributed by atoms with E-state index in [9.17, 15) is 4.79 Å². The molecule has 0 radical (unpaired) electrons. The number of carbonyl (C=O) groups is 1. The van der Waals surface area contributed by atoms with Gasteiger partial charge in [0.1, 0.15) is 5.75 Å². The number of hydrogen-bond donors (Lipinski definition) is 2. The van der Waals surface area contributed by atoms with E-state index in [1.165, 1.54) is 0 Å². The molecule has 0 saturated heterocycles. The van der Waals surface area contributed by atoms with Crippen LogP contribution in [0.1, 0.15) is 6.42 Å². The third-order valence-corrected chi connectivity index (χ3v) is 3.65. The predicted octanol–water partition coefficient (Wildman–Crippen LogP) is 1.73. The highest BCUT2D eigenvalue weighted by Crippen LogP contribution is 2.37. The number of nitrogen functional groups attached to an aromatic ring is 1. The summed E-state index contributed by atoms with van der Waals surface area (Å²) in [5, 5.41) is 2.77. The number of thioether (sulfide) groups is 1. The van der Waals surface area contributed by atoms with Crippen LogP contribution < -0.4 is 15.8 Å². The molecule has 0 aromatic heterocycles. The van der Waals surface area contributed by atoms with Gasteiger partial charge in [-0.3, -0.25) is 4.79 Å². The Kier molecular flexibility index (Phi) is 4.33. The Morgan fingerprint density at radius 2 is 2.39 bits per heavy atom. The van der Waals surface area contributed by atoms with Crippen molar-refractivity contribution < 1.29 is 14.3 Å². The van der Waals surface area contributed by atoms with E-state index in [1.807, 2.05) is 6.07 Å². The number of rotatable bonds is 5. The number of hydrogen-bond acceptors (Lipinski definition) is 5. The molecule has 1 aromatic carbocycles. The first-order valence-corrected chi connectivity index (χ1v) is 6.67. The van der Waals surface area contributed by atoms with Gasteiger partial charge in [-0.25, -0.2) is 0 Å². The second kappa shape index (κ2) is 5.97. The van der Waals surface area contributed by atoms with E-state index in [0.29, 0.717) is 17.1 Å². The minimum atomic E-state index is -0.136. The number of nitrogens with two attached hydrogens (primary N) is 1. The van der Waals surface area contributed by atoms with Crippen molar-refractivity contribution >= 4 is 29.0 Å². The van der Waals surface area contributed by atoms with Gasteiger partial charge in [0.25, 0.3) is 5.91 Å². The largest absolute Gasteiger partial charge is 0.482 e. The number of ether oxygens (including phenoxy) is 2. The molecule has 0 spiro atoms. The van der Waals surface area contributed by atoms with E-state index in [2.05, 4.69) is 5.32 Å². The minimum Gasteiger partial charge on any atom is -0.482 e. The van der Waals surface area contributed by atoms with Gasteiger partial charge in [-0.1, -0.05) is 0 Å². The summed E-state index contributed by atoms with van der Waals surface area (Å²) in [4.78, 5) is 12.2. The summed E-state index contributed by atoms with van der Waals surface area (Å²) >= 11 is 1.65. The molecule has 6 heteroatoms. The number of methoxy groups -OCH3 is 1. The summed E-state index contributed by atoms with van der Waals surface area (Å²) in [6, 6.07) is 3.62. The predicted molar refractivity (Wildman–Crippen MR) is 72.2 cm³/mol. The molecule has 0 fully saturated rings. The molecule has 1 aromatic rings. The molecule has 0 saturated carbocycles. The Morgan fingerprint density at radius 1 is 1.56 bits per heavy atom. The number of carbonyl (C=O) groups excluding carboxylic acids is 1. The molecular weight excluding hydrogens is 252 g/mol. The topological polar surface area (TPSA) is 73.6 Å². The highest BCUT2D eigenvalue weighted by molar-refractivity contribution is 7.99. The first-order valence-electron chi connectivity index (χ1n) is 5.68. The van der Waals surface area contributed by atoms with Gasteiger partial charge < -0.3 is 20.5 Å². The first-order chi connectivity index (χ1) is 8.70. The van der Waals surface area contributed by atoms with Gasteiger partial charge in [-0.15, -0.1) is 11.8 Å². The van der Waals surface area contributed by atoms with Crippen LogP contribution in [0, 0.1) is 0 Å². The summed E-state index contributed by atoms with van der Waals surface area (Å²) in [6.07, 6.45) is 0.959. The van der Waals surface area contributed by atoms with Gasteiger partial charge >= 0.3 is 0 Å². The van der Waals surface area contributed by atoms with Crippen LogP contribution in [0.4, 0.5) is 11.4 Å². The first kappa shape index (κ1) is 13.0. The van der Waals surface area contributed by atoms with Crippen molar-refractivity contribution in [1.29, 1.82) is 0 Å². The lowest BCUT2D eigenvalue weighted by molar-refractivity contribution is -0.118. The van der Waals surface area contributed by atoms with Crippen LogP contribution in [0.5, 0.6) is 5.75 Å². The minimum absolute atomic E-state index is 0.0484. The summed E-state index contributed by atoms with van der Waals surface area (Å²) < 4.78 is 10.3. The van der Waals surface area contributed by atoms with Gasteiger partial charge in [0.2, 0.25) is 0 Å². The maximum absolute atomic E-state index is 11.2. The van der Waals surface area contributed by atoms with E-state index in [1.54, 1.807) is 24.9 Å². The maximum Gasteiger partial charge on any atom is 0.262 e. The Morgan fingerprint density at radius 3 is 3.17 bits per heavy atom. The van der Waals surface area contributed by atoms with Crippen molar-refractivity contribution in [1.82, 2.24) is 0 Å². The van der Waals surface area contributed by atoms with Gasteiger partial charge in [-0.2, -0.15) is 0 Å². The second-order valence-corrected chi connectivity index (χ2v) is 5.05. The van der Waals surface area contributed by atoms with Crippen LogP contribution in [0.3, 0.4) is 0 Å². The lowest BCUT2D eigenvalue weighted by atomic mass is 10.2. The van der Waals surface area contributed by atoms with E-state index < -0.39 is 0 Å². The molecule has 0 unspecified atom stereocenters. The Hall–Kier alpha value is -1.40. The third-order valence-electron chi connectivity index (χ3n) is 2.50. The highest BCUT2D eigenvalue weighted by Gasteiger charge is 2.17. The third kappa shape index (κ3) is 3.08. The number of fused-ring (bicyclic) bond motifs is 1. The molecular formula is C12H16N2O3S. The fourth-order valence-corrected chi connectivity index (χ4v) is 2.54. The molecule has 0 bridgehead atoms. The van der Waals surface area contributed by atoms with E-state index in [-0.39, 0.29) is 12.5 Å². The zero-order valence-corrected chi connectivity index (χ0v) is 11.0. The Bertz CT molecular complexity index is 451. The van der Waals surface area contributed by atoms with Crippen molar-refractivity contribution in [2.75, 3.05) is 37.1 Å². The van der Waals surface area contributed by atoms with Gasteiger partial charge in [0, 0.05) is 36.1 Å². The fraction of sp³-hybridized carbons (Fsp3) is 0.417. The fourth-order valence-electron chi connectivity index (χ4n) is 1.63. The lowest BCUT2D eigenvalue weighted by Gasteiger charge is -2.19. The normalized spacial score (nSPS) is 13.7. The van der Waals surface area contributed by atoms with Gasteiger partial charge in [-0.05, 0) is 12.5 Å². The highest BCUT2D eigenvalue weighted by atomic mass is 32.2. The average molecular weight is 268 g/mol. The molecule has 1 amide bonds. The van der Waals surface area contributed by atoms with Gasteiger partial charge in [0.05, 0.1) is 5.69 Å². The molecule has 0 aliphatic carbocycles. The molecule has 1 aliphatic heterocycles. The number of anilines is 2. The van der Waals surface area contributed by atoms with Crippen molar-refractivity contribution in [3.63, 3.8) is 0 Å². The maximum atomic E-state index is 11.2. The molecule has 5 nitrogen and oxygen atoms in total. The van der Waals surface area contributed by atoms with Crippen LogP contribution in [0.25, 0.3) is 0 Å². The molecule has 3 N–H and O–H groups in total. The Labute approximate surface area is 110 Å². The Balaban J connectivity index is 2.06. The second-order valence-electron chi connectivity index (χ2n) is 3.92. The zero-order chi connectivity index (χ0) is 13.0. The standard InChI is InChI=1S/C12H16N2O3S/c1-16-3-2-4-18-11-6-9-10(5-8(11)13)17-7-12(15)14-9/h5-6H,2-4,7,13H2,1H3,(H,14,15). The summed E-state index contributed by atoms with van der Waals surface area (Å²) in [7, 11) is 1.69. The lowest BCUT2D eigenvalue weighted by Crippen LogP contribution is -2.25. The van der Waals surface area contributed by atoms with Crippen LogP contribution in [-0.4, -0.2) is 32.0 Å². The molecule has 0 atom stereocenters. The van der Waals surface area contributed by atoms with Crippen LogP contribution in [0.15, 0.2) is 17.0 Å². The molecule has 1 heterocycles. The van der Waals surface area contributed by atoms with Gasteiger partial charge in [0.15, 0.2) is 6.61 Å². The van der Waals surface area contributed by atoms with E-state index in [0.717, 1.165) is 23.7 Å². The van der Waals surface area contributed by atoms with Crippen LogP contribution in [0.2, 0.25) is 0 Å². The summed E-state index contributed by atoms with van der Waals surface area (Å²) in [5.74, 6) is 1.42. The van der Waals surface area contributed by atoms with Crippen molar-refractivity contribution in [2.24, 2.45) is 0 Å². The smallest absolute Gasteiger partial charge is 0.262 e. The quantitative estimate of drug-likeness (QED) is 0.483. The summed E-state index contributed by atoms with van der Waals surface area (Å²) in [5.41, 5.74) is 7.31. The molecule has 1 aliphatic rings. The number of nitrogens with one attached hydrogen (secondary N) is 1. The number of benzene rings is 1. The monoisotopic (exact) mass is 268 g/mol. The molecule has 2 rings (SSSR count). The zero-order valence-electron chi connectivity index (χ0n) is 10.2. The van der Waals surface area contributed by atoms with Crippen LogP contribution >= 0.6 is 11.8 Å². The average Bonchev–Trinajstić information content (AvgIpc) is 2.35. The SMILES string of the molecule is COCCCSc1cc2c(cc1N)OCC(=O)N2. The summed E-state index contributed by atoms with van der Waals surface area (Å²) in [6.45, 7) is 0.782. The molecule has 98 valence electrons. The van der Waals surface area contributed by atoms with Crippen molar-refractivity contribution in [3.05, 3.63) is 12.1 Å². The van der Waals surface area contributed by atoms with E-state index in [4.69, 9.17) is 15.2 Å². The molecule has 18 heavy (non-hydrogen) atoms. The van der Waals surface area contributed by atoms with Crippen molar-refractivity contribution in [2.45, 2.75) is 11.3 Å². The van der Waals surface area contributed by atoms with Crippen molar-refractivity contribution in [3.8, 4) is 5.75 Å². The van der Waals surface area contributed by atoms with E-state index >= 15 is 0 Å². The van der Waals surface area contributed by atoms with Crippen LogP contribution in [-0.2, 0) is 9.53 Å². The number of amides is 1.